The van der Waals surface area contributed by atoms with E-state index in [4.69, 9.17) is 11.5 Å². The van der Waals surface area contributed by atoms with Gasteiger partial charge in [0.05, 0.1) is 5.75 Å². The molecule has 1 rings (SSSR count). The molecular formula is C17H26N4O3S. The number of hydrogen-bond acceptors (Lipinski definition) is 5. The van der Waals surface area contributed by atoms with Crippen LogP contribution in [0.15, 0.2) is 30.3 Å². The van der Waals surface area contributed by atoms with Crippen LogP contribution in [-0.4, -0.2) is 42.1 Å². The molecule has 7 nitrogen and oxygen atoms in total. The van der Waals surface area contributed by atoms with Crippen LogP contribution in [0.4, 0.5) is 0 Å². The lowest BCUT2D eigenvalue weighted by Crippen LogP contribution is -2.53. The van der Waals surface area contributed by atoms with Gasteiger partial charge in [-0.1, -0.05) is 30.3 Å². The molecule has 2 atom stereocenters. The molecule has 0 aromatic heterocycles. The first-order chi connectivity index (χ1) is 12.0. The highest BCUT2D eigenvalue weighted by atomic mass is 32.1. The number of benzene rings is 1. The Hall–Kier alpha value is -2.06. The summed E-state index contributed by atoms with van der Waals surface area (Å²) < 4.78 is 0. The predicted octanol–water partition coefficient (Wildman–Crippen LogP) is -0.257. The van der Waals surface area contributed by atoms with Gasteiger partial charge < -0.3 is 22.1 Å². The normalized spacial score (nSPS) is 12.9. The number of carbonyl (C=O) groups excluding carboxylic acids is 3. The third-order valence-electron chi connectivity index (χ3n) is 3.68. The Kier molecular flexibility index (Phi) is 9.64. The van der Waals surface area contributed by atoms with Gasteiger partial charge in [-0.2, -0.15) is 12.6 Å². The summed E-state index contributed by atoms with van der Waals surface area (Å²) in [6, 6.07) is 7.66. The van der Waals surface area contributed by atoms with Crippen LogP contribution in [0.25, 0.3) is 0 Å². The van der Waals surface area contributed by atoms with Gasteiger partial charge in [-0.25, -0.2) is 0 Å². The first-order valence-electron chi connectivity index (χ1n) is 8.21. The highest BCUT2D eigenvalue weighted by molar-refractivity contribution is 7.81. The molecule has 1 aromatic rings. The van der Waals surface area contributed by atoms with E-state index in [1.165, 1.54) is 0 Å². The third-order valence-corrected chi connectivity index (χ3v) is 3.97. The maximum absolute atomic E-state index is 12.5. The first-order valence-corrected chi connectivity index (χ1v) is 8.85. The van der Waals surface area contributed by atoms with Crippen LogP contribution >= 0.6 is 12.6 Å². The summed E-state index contributed by atoms with van der Waals surface area (Å²) in [6.07, 6.45) is 2.14. The van der Waals surface area contributed by atoms with E-state index in [0.29, 0.717) is 19.4 Å². The van der Waals surface area contributed by atoms with Gasteiger partial charge in [-0.15, -0.1) is 0 Å². The molecule has 0 radical (unpaired) electrons. The molecule has 0 bridgehead atoms. The fraction of sp³-hybridized carbons (Fsp3) is 0.471. The Morgan fingerprint density at radius 3 is 2.28 bits per heavy atom. The smallest absolute Gasteiger partial charge is 0.243 e. The average Bonchev–Trinajstić information content (AvgIpc) is 2.60. The molecule has 8 heteroatoms. The van der Waals surface area contributed by atoms with Crippen molar-refractivity contribution in [1.29, 1.82) is 0 Å². The Morgan fingerprint density at radius 2 is 1.72 bits per heavy atom. The van der Waals surface area contributed by atoms with Gasteiger partial charge in [0.15, 0.2) is 0 Å². The molecule has 0 saturated heterocycles. The average molecular weight is 366 g/mol. The Bertz CT molecular complexity index is 568. The monoisotopic (exact) mass is 366 g/mol. The maximum atomic E-state index is 12.5. The van der Waals surface area contributed by atoms with Crippen molar-refractivity contribution in [1.82, 2.24) is 10.6 Å². The van der Waals surface area contributed by atoms with Crippen molar-refractivity contribution in [3.63, 3.8) is 0 Å². The lowest BCUT2D eigenvalue weighted by Gasteiger charge is -2.22. The SMILES string of the molecule is NCCCC[C@H](NC(=O)CS)C(=O)N[C@@H](Cc1ccccc1)C(N)=O. The molecule has 0 unspecified atom stereocenters. The van der Waals surface area contributed by atoms with Gasteiger partial charge in [-0.3, -0.25) is 14.4 Å². The predicted molar refractivity (Wildman–Crippen MR) is 100.0 cm³/mol. The van der Waals surface area contributed by atoms with Crippen LogP contribution in [0.3, 0.4) is 0 Å². The van der Waals surface area contributed by atoms with Crippen molar-refractivity contribution < 1.29 is 14.4 Å². The zero-order valence-electron chi connectivity index (χ0n) is 14.1. The number of rotatable bonds is 11. The van der Waals surface area contributed by atoms with Crippen molar-refractivity contribution in [2.75, 3.05) is 12.3 Å². The molecule has 0 heterocycles. The van der Waals surface area contributed by atoms with Crippen LogP contribution in [0.1, 0.15) is 24.8 Å². The van der Waals surface area contributed by atoms with Crippen molar-refractivity contribution in [3.05, 3.63) is 35.9 Å². The number of nitrogens with two attached hydrogens (primary N) is 2. The molecule has 3 amide bonds. The van der Waals surface area contributed by atoms with Crippen LogP contribution in [0.2, 0.25) is 0 Å². The number of thiol groups is 1. The zero-order valence-corrected chi connectivity index (χ0v) is 15.0. The van der Waals surface area contributed by atoms with Crippen LogP contribution < -0.4 is 22.1 Å². The van der Waals surface area contributed by atoms with E-state index in [1.54, 1.807) is 0 Å². The molecule has 0 aliphatic heterocycles. The molecule has 6 N–H and O–H groups in total. The molecule has 0 aliphatic rings. The molecule has 0 fully saturated rings. The second-order valence-electron chi connectivity index (χ2n) is 5.72. The number of carbonyl (C=O) groups is 3. The Labute approximate surface area is 153 Å². The second-order valence-corrected chi connectivity index (χ2v) is 6.03. The van der Waals surface area contributed by atoms with Crippen LogP contribution in [0.5, 0.6) is 0 Å². The van der Waals surface area contributed by atoms with Gasteiger partial charge in [0.1, 0.15) is 12.1 Å². The maximum Gasteiger partial charge on any atom is 0.243 e. The van der Waals surface area contributed by atoms with E-state index >= 15 is 0 Å². The minimum atomic E-state index is -0.847. The molecular weight excluding hydrogens is 340 g/mol. The first kappa shape index (κ1) is 21.0. The number of hydrogen-bond donors (Lipinski definition) is 5. The quantitative estimate of drug-likeness (QED) is 0.273. The van der Waals surface area contributed by atoms with E-state index < -0.39 is 23.9 Å². The minimum absolute atomic E-state index is 0.0239. The minimum Gasteiger partial charge on any atom is -0.368 e. The number of primary amides is 1. The largest absolute Gasteiger partial charge is 0.368 e. The molecule has 138 valence electrons. The number of amides is 3. The Balaban J connectivity index is 2.74. The van der Waals surface area contributed by atoms with Crippen molar-refractivity contribution in [3.8, 4) is 0 Å². The Morgan fingerprint density at radius 1 is 1.04 bits per heavy atom. The summed E-state index contributed by atoms with van der Waals surface area (Å²) in [7, 11) is 0. The lowest BCUT2D eigenvalue weighted by molar-refractivity contribution is -0.130. The molecule has 25 heavy (non-hydrogen) atoms. The van der Waals surface area contributed by atoms with Gasteiger partial charge in [0, 0.05) is 6.42 Å². The van der Waals surface area contributed by atoms with Gasteiger partial charge in [-0.05, 0) is 31.4 Å². The number of unbranched alkanes of at least 4 members (excludes halogenated alkanes) is 1. The summed E-state index contributed by atoms with van der Waals surface area (Å²) in [5, 5.41) is 5.25. The molecule has 0 aliphatic carbocycles. The van der Waals surface area contributed by atoms with Crippen molar-refractivity contribution >= 4 is 30.4 Å². The standard InChI is InChI=1S/C17H26N4O3S/c18-9-5-4-8-13(20-15(22)11-25)17(24)21-14(16(19)23)10-12-6-2-1-3-7-12/h1-3,6-7,13-14,25H,4-5,8-11,18H2,(H2,19,23)(H,20,22)(H,21,24)/t13-,14-/m0/s1. The summed E-state index contributed by atoms with van der Waals surface area (Å²) in [6.45, 7) is 0.507. The molecule has 0 saturated carbocycles. The van der Waals surface area contributed by atoms with E-state index in [1.807, 2.05) is 30.3 Å². The second kappa shape index (κ2) is 11.5. The van der Waals surface area contributed by atoms with Gasteiger partial charge in [0.25, 0.3) is 0 Å². The summed E-state index contributed by atoms with van der Waals surface area (Å²) in [5.74, 6) is -1.44. The topological polar surface area (TPSA) is 127 Å². The fourth-order valence-corrected chi connectivity index (χ4v) is 2.44. The van der Waals surface area contributed by atoms with Crippen LogP contribution in [-0.2, 0) is 20.8 Å². The summed E-state index contributed by atoms with van der Waals surface area (Å²) >= 11 is 3.90. The highest BCUT2D eigenvalue weighted by Gasteiger charge is 2.25. The molecule has 1 aromatic carbocycles. The molecule has 0 spiro atoms. The van der Waals surface area contributed by atoms with Crippen LogP contribution in [0, 0.1) is 0 Å². The van der Waals surface area contributed by atoms with E-state index in [-0.39, 0.29) is 18.1 Å². The van der Waals surface area contributed by atoms with E-state index in [2.05, 4.69) is 23.3 Å². The third kappa shape index (κ3) is 8.04. The van der Waals surface area contributed by atoms with E-state index in [9.17, 15) is 14.4 Å². The van der Waals surface area contributed by atoms with E-state index in [0.717, 1.165) is 12.0 Å². The lowest BCUT2D eigenvalue weighted by atomic mass is 10.0. The van der Waals surface area contributed by atoms with Gasteiger partial charge >= 0.3 is 0 Å². The number of nitrogens with one attached hydrogen (secondary N) is 2. The zero-order chi connectivity index (χ0) is 18.7. The highest BCUT2D eigenvalue weighted by Crippen LogP contribution is 2.06. The van der Waals surface area contributed by atoms with Crippen molar-refractivity contribution in [2.45, 2.75) is 37.8 Å². The van der Waals surface area contributed by atoms with Gasteiger partial charge in [0.2, 0.25) is 17.7 Å². The fourth-order valence-electron chi connectivity index (χ4n) is 2.35. The van der Waals surface area contributed by atoms with Crippen molar-refractivity contribution in [2.24, 2.45) is 11.5 Å². The summed E-state index contributed by atoms with van der Waals surface area (Å²) in [5.41, 5.74) is 11.8. The summed E-state index contributed by atoms with van der Waals surface area (Å²) in [4.78, 5) is 35.8.